The molecule has 13 heavy (non-hydrogen) atoms. The van der Waals surface area contributed by atoms with Crippen molar-refractivity contribution in [2.24, 2.45) is 0 Å². The number of rotatable bonds is 1. The van der Waals surface area contributed by atoms with E-state index in [9.17, 15) is 5.11 Å². The Morgan fingerprint density at radius 3 is 2.54 bits per heavy atom. The molecule has 1 fully saturated rings. The molecule has 0 unspecified atom stereocenters. The van der Waals surface area contributed by atoms with Crippen molar-refractivity contribution in [2.45, 2.75) is 17.7 Å². The largest absolute Gasteiger partial charge is 0.869 e. The highest BCUT2D eigenvalue weighted by Gasteiger charge is 2.27. The van der Waals surface area contributed by atoms with E-state index in [1.807, 2.05) is 0 Å². The molecule has 1 saturated heterocycles. The Bertz CT molecular complexity index is 306. The lowest BCUT2D eigenvalue weighted by atomic mass is 10.3. The van der Waals surface area contributed by atoms with E-state index in [4.69, 9.17) is 5.11 Å². The lowest BCUT2D eigenvalue weighted by Gasteiger charge is -2.10. The average molecular weight is 196 g/mol. The lowest BCUT2D eigenvalue weighted by molar-refractivity contribution is -0.272. The molecule has 1 aromatic carbocycles. The molecule has 2 rings (SSSR count). The van der Waals surface area contributed by atoms with Crippen molar-refractivity contribution in [3.05, 3.63) is 18.2 Å². The number of benzene rings is 1. The zero-order valence-corrected chi connectivity index (χ0v) is 8.14. The Morgan fingerprint density at radius 2 is 1.92 bits per heavy atom. The summed E-state index contributed by atoms with van der Waals surface area (Å²) >= 11 is 0. The first-order valence-corrected chi connectivity index (χ1v) is 6.01. The standard InChI is InChI=1S/C10H12O2S/c11-8-3-4-10(9(12)7-8)13-5-1-2-6-13/h3-4,7H,1-2,5-6H2,(H-,11,12). The van der Waals surface area contributed by atoms with Crippen LogP contribution in [0, 0.1) is 0 Å². The van der Waals surface area contributed by atoms with Crippen LogP contribution in [-0.2, 0) is 10.9 Å². The van der Waals surface area contributed by atoms with Gasteiger partial charge in [-0.2, -0.15) is 0 Å². The average Bonchev–Trinajstić information content (AvgIpc) is 2.56. The first-order chi connectivity index (χ1) is 6.27. The van der Waals surface area contributed by atoms with Crippen LogP contribution < -0.4 is 5.11 Å². The second-order valence-corrected chi connectivity index (χ2v) is 5.48. The molecule has 1 aromatic rings. The summed E-state index contributed by atoms with van der Waals surface area (Å²) in [7, 11) is 0.166. The fraction of sp³-hybridized carbons (Fsp3) is 0.400. The van der Waals surface area contributed by atoms with E-state index < -0.39 is 0 Å². The molecule has 1 N–H and O–H groups in total. The maximum absolute atomic E-state index is 11.5. The van der Waals surface area contributed by atoms with Crippen LogP contribution in [0.25, 0.3) is 0 Å². The van der Waals surface area contributed by atoms with Gasteiger partial charge in [0, 0.05) is 10.9 Å². The number of hydrogen-bond donors (Lipinski definition) is 1. The van der Waals surface area contributed by atoms with Gasteiger partial charge in [0.2, 0.25) is 0 Å². The van der Waals surface area contributed by atoms with Crippen LogP contribution >= 0.6 is 0 Å². The molecule has 3 heteroatoms. The number of phenolic OH excluding ortho intramolecular Hbond substituents is 1. The van der Waals surface area contributed by atoms with E-state index in [-0.39, 0.29) is 22.4 Å². The second-order valence-electron chi connectivity index (χ2n) is 3.24. The molecule has 0 saturated carbocycles. The van der Waals surface area contributed by atoms with E-state index in [1.54, 1.807) is 12.1 Å². The van der Waals surface area contributed by atoms with Crippen LogP contribution in [0.3, 0.4) is 0 Å². The molecule has 0 radical (unpaired) electrons. The maximum atomic E-state index is 11.5. The molecule has 2 nitrogen and oxygen atoms in total. The molecule has 1 heterocycles. The minimum atomic E-state index is 0.00485. The summed E-state index contributed by atoms with van der Waals surface area (Å²) in [4.78, 5) is 0.912. The zero-order valence-electron chi connectivity index (χ0n) is 7.32. The number of aromatic hydroxyl groups is 1. The molecule has 0 atom stereocenters. The van der Waals surface area contributed by atoms with Crippen molar-refractivity contribution in [1.82, 2.24) is 0 Å². The van der Waals surface area contributed by atoms with Crippen molar-refractivity contribution < 1.29 is 10.2 Å². The maximum Gasteiger partial charge on any atom is 0.147 e. The lowest BCUT2D eigenvalue weighted by Crippen LogP contribution is -2.07. The van der Waals surface area contributed by atoms with Crippen molar-refractivity contribution in [1.29, 1.82) is 0 Å². The first-order valence-electron chi connectivity index (χ1n) is 4.45. The van der Waals surface area contributed by atoms with E-state index in [0.29, 0.717) is 0 Å². The topological polar surface area (TPSA) is 43.3 Å². The summed E-state index contributed by atoms with van der Waals surface area (Å²) in [5.74, 6) is 2.39. The minimum absolute atomic E-state index is 0.00485. The molecule has 0 spiro atoms. The highest BCUT2D eigenvalue weighted by Crippen LogP contribution is 2.30. The molecule has 70 valence electrons. The van der Waals surface area contributed by atoms with Crippen LogP contribution in [0.4, 0.5) is 0 Å². The Labute approximate surface area is 80.6 Å². The van der Waals surface area contributed by atoms with Crippen LogP contribution in [0.2, 0.25) is 0 Å². The van der Waals surface area contributed by atoms with E-state index in [0.717, 1.165) is 16.4 Å². The highest BCUT2D eigenvalue weighted by atomic mass is 32.2. The van der Waals surface area contributed by atoms with Crippen molar-refractivity contribution in [3.63, 3.8) is 0 Å². The second kappa shape index (κ2) is 3.50. The molecule has 0 amide bonds. The Morgan fingerprint density at radius 1 is 1.23 bits per heavy atom. The van der Waals surface area contributed by atoms with Crippen LogP contribution in [0.15, 0.2) is 23.1 Å². The van der Waals surface area contributed by atoms with Crippen LogP contribution in [0.5, 0.6) is 11.5 Å². The third-order valence-corrected chi connectivity index (χ3v) is 4.79. The van der Waals surface area contributed by atoms with Gasteiger partial charge in [0.05, 0.1) is 0 Å². The van der Waals surface area contributed by atoms with Crippen molar-refractivity contribution in [3.8, 4) is 11.5 Å². The minimum Gasteiger partial charge on any atom is -0.869 e. The Balaban J connectivity index is 2.29. The van der Waals surface area contributed by atoms with Gasteiger partial charge in [0.15, 0.2) is 0 Å². The molecule has 0 aliphatic carbocycles. The van der Waals surface area contributed by atoms with E-state index >= 15 is 0 Å². The summed E-state index contributed by atoms with van der Waals surface area (Å²) in [6.07, 6.45) is 2.48. The fourth-order valence-corrected chi connectivity index (χ4v) is 3.96. The smallest absolute Gasteiger partial charge is 0.147 e. The summed E-state index contributed by atoms with van der Waals surface area (Å²) in [6.45, 7) is 0. The summed E-state index contributed by atoms with van der Waals surface area (Å²) in [5.41, 5.74) is 0. The van der Waals surface area contributed by atoms with Crippen LogP contribution in [0.1, 0.15) is 12.8 Å². The van der Waals surface area contributed by atoms with Gasteiger partial charge < -0.3 is 10.2 Å². The van der Waals surface area contributed by atoms with Gasteiger partial charge in [-0.25, -0.2) is 0 Å². The van der Waals surface area contributed by atoms with Crippen molar-refractivity contribution in [2.75, 3.05) is 11.5 Å². The fourth-order valence-electron chi connectivity index (χ4n) is 1.61. The molecule has 0 aromatic heterocycles. The molecular formula is C10H12O2S. The highest BCUT2D eigenvalue weighted by molar-refractivity contribution is 7.97. The SMILES string of the molecule is [O-]c1cc(O)ccc1[S+]1CCCC1. The molecular weight excluding hydrogens is 184 g/mol. The first kappa shape index (κ1) is 8.75. The van der Waals surface area contributed by atoms with E-state index in [2.05, 4.69) is 0 Å². The van der Waals surface area contributed by atoms with Gasteiger partial charge in [-0.15, -0.1) is 0 Å². The zero-order chi connectivity index (χ0) is 9.26. The summed E-state index contributed by atoms with van der Waals surface area (Å²) in [6, 6.07) is 4.72. The quantitative estimate of drug-likeness (QED) is 0.687. The van der Waals surface area contributed by atoms with Gasteiger partial charge in [0.25, 0.3) is 0 Å². The summed E-state index contributed by atoms with van der Waals surface area (Å²) in [5, 5.41) is 20.6. The summed E-state index contributed by atoms with van der Waals surface area (Å²) < 4.78 is 0. The monoisotopic (exact) mass is 196 g/mol. The number of hydrogen-bond acceptors (Lipinski definition) is 2. The van der Waals surface area contributed by atoms with Gasteiger partial charge in [-0.3, -0.25) is 0 Å². The van der Waals surface area contributed by atoms with Crippen molar-refractivity contribution >= 4 is 10.9 Å². The van der Waals surface area contributed by atoms with Gasteiger partial charge >= 0.3 is 0 Å². The van der Waals surface area contributed by atoms with Gasteiger partial charge in [0.1, 0.15) is 22.2 Å². The Hall–Kier alpha value is -0.830. The molecule has 0 bridgehead atoms. The Kier molecular flexibility index (Phi) is 2.36. The van der Waals surface area contributed by atoms with Crippen LogP contribution in [-0.4, -0.2) is 16.6 Å². The predicted molar refractivity (Wildman–Crippen MR) is 52.2 cm³/mol. The van der Waals surface area contributed by atoms with Gasteiger partial charge in [-0.1, -0.05) is 0 Å². The third-order valence-electron chi connectivity index (χ3n) is 2.27. The molecule has 1 aliphatic rings. The van der Waals surface area contributed by atoms with Gasteiger partial charge in [-0.05, 0) is 36.8 Å². The third kappa shape index (κ3) is 1.75. The number of phenols is 1. The van der Waals surface area contributed by atoms with E-state index in [1.165, 1.54) is 18.9 Å². The molecule has 1 aliphatic heterocycles. The predicted octanol–water partition coefficient (Wildman–Crippen LogP) is 1.24. The normalized spacial score (nSPS) is 17.8.